The molecule has 0 bridgehead atoms. The zero-order valence-corrected chi connectivity index (χ0v) is 21.7. The highest BCUT2D eigenvalue weighted by atomic mass is 35.5. The maximum atomic E-state index is 11.1. The van der Waals surface area contributed by atoms with Crippen LogP contribution in [0.3, 0.4) is 0 Å². The number of carbonyl (C=O) groups is 1. The first-order valence-corrected chi connectivity index (χ1v) is 13.1. The van der Waals surface area contributed by atoms with Crippen molar-refractivity contribution >= 4 is 40.8 Å². The summed E-state index contributed by atoms with van der Waals surface area (Å²) in [6.45, 7) is 0.246. The zero-order valence-electron chi connectivity index (χ0n) is 19.5. The summed E-state index contributed by atoms with van der Waals surface area (Å²) < 4.78 is 11.9. The van der Waals surface area contributed by atoms with Gasteiger partial charge in [-0.05, 0) is 72.6 Å². The maximum absolute atomic E-state index is 11.1. The normalized spacial score (nSPS) is 18.6. The van der Waals surface area contributed by atoms with Gasteiger partial charge in [0.05, 0.1) is 15.6 Å². The highest BCUT2D eigenvalue weighted by Gasteiger charge is 2.41. The summed E-state index contributed by atoms with van der Waals surface area (Å²) in [6, 6.07) is 14.4. The lowest BCUT2D eigenvalue weighted by Gasteiger charge is -2.11. The van der Waals surface area contributed by atoms with Crippen molar-refractivity contribution in [1.82, 2.24) is 10.1 Å². The van der Waals surface area contributed by atoms with E-state index < -0.39 is 5.97 Å². The van der Waals surface area contributed by atoms with Gasteiger partial charge < -0.3 is 14.4 Å². The van der Waals surface area contributed by atoms with E-state index in [9.17, 15) is 4.79 Å². The van der Waals surface area contributed by atoms with Gasteiger partial charge in [-0.25, -0.2) is 9.78 Å². The third-order valence-electron chi connectivity index (χ3n) is 6.94. The van der Waals surface area contributed by atoms with Crippen LogP contribution in [0.15, 0.2) is 59.3 Å². The van der Waals surface area contributed by atoms with Crippen LogP contribution < -0.4 is 4.74 Å². The molecule has 0 amide bonds. The highest BCUT2D eigenvalue weighted by Crippen LogP contribution is 2.56. The Morgan fingerprint density at radius 2 is 1.81 bits per heavy atom. The summed E-state index contributed by atoms with van der Waals surface area (Å²) in [5.74, 6) is 1.27. The first-order chi connectivity index (χ1) is 17.9. The Hall–Kier alpha value is -3.06. The summed E-state index contributed by atoms with van der Waals surface area (Å²) in [6.07, 6.45) is 4.67. The number of nitrogens with zero attached hydrogens (tertiary/aromatic N) is 2. The number of carboxylic acids is 1. The van der Waals surface area contributed by atoms with E-state index in [0.717, 1.165) is 41.7 Å². The number of benzene rings is 2. The Balaban J connectivity index is 1.19. The number of hydrogen-bond donors (Lipinski definition) is 1. The van der Waals surface area contributed by atoms with Crippen molar-refractivity contribution in [2.45, 2.75) is 43.6 Å². The van der Waals surface area contributed by atoms with E-state index >= 15 is 0 Å². The number of pyridine rings is 1. The molecule has 6 nitrogen and oxygen atoms in total. The number of aromatic nitrogens is 2. The third kappa shape index (κ3) is 4.81. The molecule has 0 radical (unpaired) electrons. The van der Waals surface area contributed by atoms with Crippen molar-refractivity contribution in [3.63, 3.8) is 0 Å². The molecule has 0 spiro atoms. The minimum Gasteiger partial charge on any atom is -0.489 e. The van der Waals surface area contributed by atoms with Crippen LogP contribution in [0.25, 0.3) is 11.3 Å². The molecule has 4 aromatic rings. The summed E-state index contributed by atoms with van der Waals surface area (Å²) in [4.78, 5) is 15.1. The molecule has 6 rings (SSSR count). The van der Waals surface area contributed by atoms with E-state index in [1.54, 1.807) is 24.4 Å². The van der Waals surface area contributed by atoms with Gasteiger partial charge in [0.2, 0.25) is 0 Å². The summed E-state index contributed by atoms with van der Waals surface area (Å²) in [5.41, 5.74) is 4.17. The van der Waals surface area contributed by atoms with E-state index in [2.05, 4.69) is 10.1 Å². The quantitative estimate of drug-likeness (QED) is 0.236. The van der Waals surface area contributed by atoms with Gasteiger partial charge in [-0.2, -0.15) is 0 Å². The van der Waals surface area contributed by atoms with Crippen LogP contribution in [0, 0.1) is 0 Å². The van der Waals surface area contributed by atoms with Gasteiger partial charge in [0.1, 0.15) is 29.5 Å². The molecule has 2 aliphatic rings. The molecule has 2 aliphatic carbocycles. The molecule has 2 aromatic heterocycles. The molecule has 188 valence electrons. The van der Waals surface area contributed by atoms with Gasteiger partial charge in [-0.1, -0.05) is 58.2 Å². The molecule has 2 unspecified atom stereocenters. The smallest absolute Gasteiger partial charge is 0.354 e. The van der Waals surface area contributed by atoms with Crippen LogP contribution in [0.2, 0.25) is 15.1 Å². The Labute approximate surface area is 228 Å². The predicted octanol–water partition coefficient (Wildman–Crippen LogP) is 8.12. The second kappa shape index (κ2) is 9.67. The van der Waals surface area contributed by atoms with E-state index in [1.165, 1.54) is 6.07 Å². The molecule has 9 heteroatoms. The van der Waals surface area contributed by atoms with Gasteiger partial charge in [-0.3, -0.25) is 0 Å². The second-order valence-corrected chi connectivity index (χ2v) is 10.7. The first-order valence-electron chi connectivity index (χ1n) is 11.9. The molecule has 37 heavy (non-hydrogen) atoms. The number of rotatable bonds is 8. The van der Waals surface area contributed by atoms with Gasteiger partial charge >= 0.3 is 5.97 Å². The fraction of sp³-hybridized carbons (Fsp3) is 0.250. The molecule has 2 aromatic carbocycles. The van der Waals surface area contributed by atoms with E-state index in [-0.39, 0.29) is 24.1 Å². The zero-order chi connectivity index (χ0) is 25.7. The van der Waals surface area contributed by atoms with Crippen LogP contribution in [-0.4, -0.2) is 21.2 Å². The highest BCUT2D eigenvalue weighted by molar-refractivity contribution is 6.39. The molecule has 0 aliphatic heterocycles. The molecule has 0 saturated heterocycles. The minimum absolute atomic E-state index is 0.0399. The fourth-order valence-electron chi connectivity index (χ4n) is 4.76. The molecule has 2 fully saturated rings. The Morgan fingerprint density at radius 1 is 1.03 bits per heavy atom. The SMILES string of the molecule is O=C(O)c1ccc(C2CC2c2ccc(OCc3c(-c4c(Cl)cccc4Cl)noc3C3CC3)cc2Cl)cn1. The number of halogens is 3. The lowest BCUT2D eigenvalue weighted by atomic mass is 10.0. The van der Waals surface area contributed by atoms with E-state index in [0.29, 0.717) is 38.0 Å². The average Bonchev–Trinajstić information content (AvgIpc) is 3.81. The Kier molecular flexibility index (Phi) is 6.35. The third-order valence-corrected chi connectivity index (χ3v) is 7.90. The molecular formula is C28H21Cl3N2O4. The monoisotopic (exact) mass is 554 g/mol. The first kappa shape index (κ1) is 24.3. The number of ether oxygens (including phenoxy) is 1. The average molecular weight is 556 g/mol. The predicted molar refractivity (Wildman–Crippen MR) is 141 cm³/mol. The topological polar surface area (TPSA) is 85.5 Å². The van der Waals surface area contributed by atoms with Crippen LogP contribution in [0.4, 0.5) is 0 Å². The van der Waals surface area contributed by atoms with Gasteiger partial charge in [0, 0.05) is 22.7 Å². The van der Waals surface area contributed by atoms with Crippen molar-refractivity contribution in [3.05, 3.63) is 97.9 Å². The lowest BCUT2D eigenvalue weighted by Crippen LogP contribution is -2.00. The van der Waals surface area contributed by atoms with Gasteiger partial charge in [0.25, 0.3) is 0 Å². The molecule has 2 atom stereocenters. The summed E-state index contributed by atoms with van der Waals surface area (Å²) >= 11 is 19.6. The van der Waals surface area contributed by atoms with Crippen LogP contribution in [0.5, 0.6) is 5.75 Å². The Morgan fingerprint density at radius 3 is 2.46 bits per heavy atom. The van der Waals surface area contributed by atoms with Crippen LogP contribution in [0.1, 0.15) is 70.0 Å². The molecule has 2 saturated carbocycles. The largest absolute Gasteiger partial charge is 0.489 e. The number of carboxylic acid groups (broad SMARTS) is 1. The van der Waals surface area contributed by atoms with Gasteiger partial charge in [-0.15, -0.1) is 0 Å². The summed E-state index contributed by atoms with van der Waals surface area (Å²) in [5, 5.41) is 15.0. The molecular weight excluding hydrogens is 535 g/mol. The van der Waals surface area contributed by atoms with Crippen molar-refractivity contribution in [1.29, 1.82) is 0 Å². The molecule has 1 N–H and O–H groups in total. The van der Waals surface area contributed by atoms with Crippen molar-refractivity contribution in [3.8, 4) is 17.0 Å². The standard InChI is InChI=1S/C28H21Cl3N2O4/c29-21-2-1-3-22(30)25(21)26-20(27(37-33-26)14-4-5-14)13-36-16-7-8-17(23(31)10-16)19-11-18(19)15-6-9-24(28(34)35)32-12-15/h1-3,6-10,12,14,18-19H,4-5,11,13H2,(H,34,35). The maximum Gasteiger partial charge on any atom is 0.354 e. The van der Waals surface area contributed by atoms with Crippen molar-refractivity contribution in [2.75, 3.05) is 0 Å². The van der Waals surface area contributed by atoms with Crippen LogP contribution in [-0.2, 0) is 6.61 Å². The second-order valence-electron chi connectivity index (χ2n) is 9.45. The fourth-order valence-corrected chi connectivity index (χ4v) is 5.65. The minimum atomic E-state index is -1.03. The van der Waals surface area contributed by atoms with Crippen molar-refractivity contribution in [2.24, 2.45) is 0 Å². The number of hydrogen-bond acceptors (Lipinski definition) is 5. The van der Waals surface area contributed by atoms with E-state index in [4.69, 9.17) is 49.2 Å². The Bertz CT molecular complexity index is 1480. The van der Waals surface area contributed by atoms with Crippen LogP contribution >= 0.6 is 34.8 Å². The van der Waals surface area contributed by atoms with Gasteiger partial charge in [0.15, 0.2) is 0 Å². The summed E-state index contributed by atoms with van der Waals surface area (Å²) in [7, 11) is 0. The molecule has 2 heterocycles. The van der Waals surface area contributed by atoms with E-state index in [1.807, 2.05) is 24.3 Å². The lowest BCUT2D eigenvalue weighted by molar-refractivity contribution is 0.0690. The van der Waals surface area contributed by atoms with Crippen molar-refractivity contribution < 1.29 is 19.2 Å². The number of aromatic carboxylic acids is 1.